The first-order valence-electron chi connectivity index (χ1n) is 11.7. The molecule has 0 bridgehead atoms. The number of amides is 1. The predicted octanol–water partition coefficient (Wildman–Crippen LogP) is 3.78. The molecule has 13 heteroatoms. The fourth-order valence-corrected chi connectivity index (χ4v) is 3.68. The third kappa shape index (κ3) is 6.17. The van der Waals surface area contributed by atoms with Gasteiger partial charge in [0, 0.05) is 36.8 Å². The van der Waals surface area contributed by atoms with E-state index < -0.39 is 17.5 Å². The summed E-state index contributed by atoms with van der Waals surface area (Å²) in [6.07, 6.45) is 0.262. The first kappa shape index (κ1) is 26.8. The Balaban J connectivity index is 1.33. The highest BCUT2D eigenvalue weighted by molar-refractivity contribution is 5.97. The van der Waals surface area contributed by atoms with E-state index in [0.29, 0.717) is 23.8 Å². The highest BCUT2D eigenvalue weighted by Gasteiger charge is 2.66. The van der Waals surface area contributed by atoms with Crippen molar-refractivity contribution in [2.75, 3.05) is 23.8 Å². The Morgan fingerprint density at radius 1 is 1.16 bits per heavy atom. The summed E-state index contributed by atoms with van der Waals surface area (Å²) >= 11 is 0. The fraction of sp³-hybridized carbons (Fsp3) is 0.320. The van der Waals surface area contributed by atoms with Crippen LogP contribution in [0, 0.1) is 5.41 Å². The Morgan fingerprint density at radius 2 is 1.84 bits per heavy atom. The van der Waals surface area contributed by atoms with Crippen molar-refractivity contribution >= 4 is 23.4 Å². The monoisotopic (exact) mass is 529 g/mol. The fourth-order valence-electron chi connectivity index (χ4n) is 3.68. The standard InChI is InChI=1S/C25H26F3N7O3/c1-15(29)19(14-30-8-9-36)33-23-31-12-18(13-32-23)17-4-2-16(3-5-17)10-22(37)34-21-11-20(38-35-21)24(6-7-24)25(26,27)28/h2-5,11-14,29-30,36H,6-10H2,1H3,(H,31,32,33)(H,34,35,37)/b19-14+,29-15?. The minimum absolute atomic E-state index is 0.00531. The Morgan fingerprint density at radius 3 is 2.42 bits per heavy atom. The van der Waals surface area contributed by atoms with E-state index in [4.69, 9.17) is 15.0 Å². The molecule has 0 spiro atoms. The van der Waals surface area contributed by atoms with E-state index in [1.165, 1.54) is 0 Å². The first-order valence-corrected chi connectivity index (χ1v) is 11.7. The van der Waals surface area contributed by atoms with E-state index in [1.54, 1.807) is 49.8 Å². The molecule has 2 heterocycles. The van der Waals surface area contributed by atoms with E-state index >= 15 is 0 Å². The van der Waals surface area contributed by atoms with Gasteiger partial charge in [-0.25, -0.2) is 9.97 Å². The summed E-state index contributed by atoms with van der Waals surface area (Å²) in [7, 11) is 0. The largest absolute Gasteiger partial charge is 0.401 e. The van der Waals surface area contributed by atoms with Gasteiger partial charge in [0.1, 0.15) is 5.41 Å². The lowest BCUT2D eigenvalue weighted by molar-refractivity contribution is -0.165. The Bertz CT molecular complexity index is 1320. The second kappa shape index (κ2) is 11.0. The van der Waals surface area contributed by atoms with Gasteiger partial charge in [-0.3, -0.25) is 4.79 Å². The Kier molecular flexibility index (Phi) is 7.76. The summed E-state index contributed by atoms with van der Waals surface area (Å²) < 4.78 is 44.6. The van der Waals surface area contributed by atoms with Crippen LogP contribution >= 0.6 is 0 Å². The lowest BCUT2D eigenvalue weighted by Crippen LogP contribution is -2.28. The molecule has 1 aliphatic rings. The molecular formula is C25H26F3N7O3. The number of rotatable bonds is 11. The summed E-state index contributed by atoms with van der Waals surface area (Å²) in [5, 5.41) is 28.6. The molecule has 0 saturated heterocycles. The topological polar surface area (TPSA) is 149 Å². The van der Waals surface area contributed by atoms with Crippen LogP contribution in [0.15, 0.2) is 59.1 Å². The average Bonchev–Trinajstić information content (AvgIpc) is 3.58. The number of alkyl halides is 3. The van der Waals surface area contributed by atoms with E-state index in [1.807, 2.05) is 0 Å². The minimum Gasteiger partial charge on any atom is -0.395 e. The van der Waals surface area contributed by atoms with Gasteiger partial charge in [0.15, 0.2) is 11.6 Å². The molecule has 1 saturated carbocycles. The van der Waals surface area contributed by atoms with Gasteiger partial charge in [-0.15, -0.1) is 0 Å². The van der Waals surface area contributed by atoms with Crippen LogP contribution < -0.4 is 16.0 Å². The zero-order chi connectivity index (χ0) is 27.3. The molecule has 38 heavy (non-hydrogen) atoms. The van der Waals surface area contributed by atoms with Crippen LogP contribution in [0.2, 0.25) is 0 Å². The summed E-state index contributed by atoms with van der Waals surface area (Å²) in [5.41, 5.74) is 0.965. The Labute approximate surface area is 215 Å². The number of nitrogens with zero attached hydrogens (tertiary/aromatic N) is 3. The second-order valence-electron chi connectivity index (χ2n) is 8.86. The van der Waals surface area contributed by atoms with Crippen LogP contribution in [0.4, 0.5) is 24.9 Å². The van der Waals surface area contributed by atoms with Gasteiger partial charge in [-0.1, -0.05) is 29.4 Å². The smallest absolute Gasteiger partial charge is 0.395 e. The molecule has 1 amide bonds. The van der Waals surface area contributed by atoms with Crippen molar-refractivity contribution in [2.24, 2.45) is 0 Å². The SMILES string of the molecule is CC(=N)/C(=C\NCCO)Nc1ncc(-c2ccc(CC(=O)Nc3cc(C4(C(F)(F)F)CC4)on3)cc2)cn1. The van der Waals surface area contributed by atoms with Crippen LogP contribution in [-0.4, -0.2) is 51.2 Å². The van der Waals surface area contributed by atoms with Crippen molar-refractivity contribution < 1.29 is 27.6 Å². The van der Waals surface area contributed by atoms with E-state index in [-0.39, 0.29) is 43.2 Å². The van der Waals surface area contributed by atoms with Crippen molar-refractivity contribution in [3.05, 3.63) is 65.9 Å². The third-order valence-corrected chi connectivity index (χ3v) is 6.00. The quantitative estimate of drug-likeness (QED) is 0.186. The number of nitrogens with one attached hydrogen (secondary N) is 4. The number of carbonyl (C=O) groups excluding carboxylic acids is 1. The molecular weight excluding hydrogens is 503 g/mol. The summed E-state index contributed by atoms with van der Waals surface area (Å²) in [6, 6.07) is 8.24. The summed E-state index contributed by atoms with van der Waals surface area (Å²) in [4.78, 5) is 20.9. The van der Waals surface area contributed by atoms with Crippen molar-refractivity contribution in [1.82, 2.24) is 20.4 Å². The average molecular weight is 530 g/mol. The van der Waals surface area contributed by atoms with Crippen molar-refractivity contribution in [1.29, 1.82) is 5.41 Å². The molecule has 0 unspecified atom stereocenters. The molecule has 0 radical (unpaired) electrons. The maximum Gasteiger partial charge on any atom is 0.401 e. The van der Waals surface area contributed by atoms with Crippen molar-refractivity contribution in [3.63, 3.8) is 0 Å². The Hall–Kier alpha value is -4.26. The normalized spacial score (nSPS) is 14.6. The van der Waals surface area contributed by atoms with Crippen molar-refractivity contribution in [2.45, 2.75) is 37.8 Å². The van der Waals surface area contributed by atoms with Crippen LogP contribution in [0.1, 0.15) is 31.1 Å². The number of hydrogen-bond donors (Lipinski definition) is 5. The maximum atomic E-state index is 13.2. The zero-order valence-electron chi connectivity index (χ0n) is 20.4. The van der Waals surface area contributed by atoms with E-state index in [2.05, 4.69) is 31.1 Å². The van der Waals surface area contributed by atoms with Gasteiger partial charge in [0.25, 0.3) is 0 Å². The number of anilines is 2. The molecule has 4 rings (SSSR count). The molecule has 5 N–H and O–H groups in total. The summed E-state index contributed by atoms with van der Waals surface area (Å²) in [6.45, 7) is 1.92. The van der Waals surface area contributed by atoms with Crippen LogP contribution in [-0.2, 0) is 16.6 Å². The van der Waals surface area contributed by atoms with Gasteiger partial charge in [-0.05, 0) is 30.9 Å². The number of hydrogen-bond acceptors (Lipinski definition) is 9. The maximum absolute atomic E-state index is 13.2. The molecule has 10 nitrogen and oxygen atoms in total. The van der Waals surface area contributed by atoms with Gasteiger partial charge in [-0.2, -0.15) is 13.2 Å². The first-order chi connectivity index (χ1) is 18.1. The third-order valence-electron chi connectivity index (χ3n) is 6.00. The number of aliphatic hydroxyl groups excluding tert-OH is 1. The number of allylic oxidation sites excluding steroid dienone is 1. The lowest BCUT2D eigenvalue weighted by Gasteiger charge is -2.14. The number of benzene rings is 1. The van der Waals surface area contributed by atoms with Crippen LogP contribution in [0.3, 0.4) is 0 Å². The predicted molar refractivity (Wildman–Crippen MR) is 133 cm³/mol. The van der Waals surface area contributed by atoms with Gasteiger partial charge in [0.05, 0.1) is 24.4 Å². The minimum atomic E-state index is -4.42. The highest BCUT2D eigenvalue weighted by atomic mass is 19.4. The van der Waals surface area contributed by atoms with E-state index in [9.17, 15) is 18.0 Å². The van der Waals surface area contributed by atoms with Gasteiger partial charge >= 0.3 is 6.18 Å². The lowest BCUT2D eigenvalue weighted by atomic mass is 10.0. The number of aliphatic hydroxyl groups is 1. The molecule has 1 fully saturated rings. The number of aromatic nitrogens is 3. The molecule has 2 aromatic heterocycles. The van der Waals surface area contributed by atoms with Gasteiger partial charge in [0.2, 0.25) is 11.9 Å². The van der Waals surface area contributed by atoms with Gasteiger partial charge < -0.3 is 31.0 Å². The van der Waals surface area contributed by atoms with Crippen molar-refractivity contribution in [3.8, 4) is 11.1 Å². The molecule has 0 atom stereocenters. The molecule has 200 valence electrons. The summed E-state index contributed by atoms with van der Waals surface area (Å²) in [5.74, 6) is -0.480. The zero-order valence-corrected chi connectivity index (χ0v) is 20.4. The molecule has 1 aromatic carbocycles. The molecule has 1 aliphatic carbocycles. The second-order valence-corrected chi connectivity index (χ2v) is 8.86. The highest BCUT2D eigenvalue weighted by Crippen LogP contribution is 2.59. The van der Waals surface area contributed by atoms with Crippen LogP contribution in [0.25, 0.3) is 11.1 Å². The van der Waals surface area contributed by atoms with E-state index in [0.717, 1.165) is 17.2 Å². The number of halogens is 3. The van der Waals surface area contributed by atoms with Crippen LogP contribution in [0.5, 0.6) is 0 Å². The molecule has 3 aromatic rings. The number of carbonyl (C=O) groups is 1. The molecule has 0 aliphatic heterocycles.